The second kappa shape index (κ2) is 10.4. The van der Waals surface area contributed by atoms with E-state index in [1.165, 1.54) is 21.3 Å². The fourth-order valence-corrected chi connectivity index (χ4v) is 5.08. The highest BCUT2D eigenvalue weighted by atomic mass is 32.1. The van der Waals surface area contributed by atoms with E-state index in [4.69, 9.17) is 4.74 Å². The van der Waals surface area contributed by atoms with Gasteiger partial charge in [-0.3, -0.25) is 14.7 Å². The SMILES string of the molecule is O=C(CCc1cncs1)Cc1ccc(-n2cc(CCN3CCOCC3)c3ccccc32)cc1. The average Bonchev–Trinajstić information content (AvgIpc) is 3.51. The summed E-state index contributed by atoms with van der Waals surface area (Å²) >= 11 is 1.61. The molecule has 5 nitrogen and oxygen atoms in total. The van der Waals surface area contributed by atoms with Gasteiger partial charge in [0, 0.05) is 60.8 Å². The van der Waals surface area contributed by atoms with Crippen LogP contribution >= 0.6 is 11.3 Å². The summed E-state index contributed by atoms with van der Waals surface area (Å²) in [5.74, 6) is 0.271. The van der Waals surface area contributed by atoms with E-state index in [0.29, 0.717) is 12.8 Å². The molecule has 3 heterocycles. The molecule has 1 aliphatic heterocycles. The molecule has 0 saturated carbocycles. The molecule has 2 aromatic carbocycles. The number of ketones is 1. The number of aryl methyl sites for hydroxylation is 1. The Kier molecular flexibility index (Phi) is 6.95. The van der Waals surface area contributed by atoms with Crippen LogP contribution in [0.2, 0.25) is 0 Å². The third-order valence-corrected chi connectivity index (χ3v) is 7.18. The van der Waals surface area contributed by atoms with Gasteiger partial charge in [0.05, 0.1) is 24.2 Å². The number of rotatable bonds is 9. The van der Waals surface area contributed by atoms with Gasteiger partial charge in [0.25, 0.3) is 0 Å². The van der Waals surface area contributed by atoms with E-state index >= 15 is 0 Å². The maximum absolute atomic E-state index is 12.4. The number of aromatic nitrogens is 2. The van der Waals surface area contributed by atoms with Gasteiger partial charge in [-0.25, -0.2) is 0 Å². The monoisotopic (exact) mass is 459 g/mol. The number of hydrogen-bond donors (Lipinski definition) is 0. The molecule has 0 radical (unpaired) electrons. The van der Waals surface area contributed by atoms with Crippen molar-refractivity contribution in [3.8, 4) is 5.69 Å². The first-order valence-electron chi connectivity index (χ1n) is 11.6. The number of carbonyl (C=O) groups excluding carboxylic acids is 1. The molecule has 4 aromatic rings. The van der Waals surface area contributed by atoms with Crippen LogP contribution in [0.25, 0.3) is 16.6 Å². The summed E-state index contributed by atoms with van der Waals surface area (Å²) in [6.07, 6.45) is 6.99. The van der Waals surface area contributed by atoms with Crippen LogP contribution in [0.4, 0.5) is 0 Å². The third kappa shape index (κ3) is 5.41. The number of para-hydroxylation sites is 1. The highest BCUT2D eigenvalue weighted by Gasteiger charge is 2.14. The lowest BCUT2D eigenvalue weighted by Crippen LogP contribution is -2.37. The highest BCUT2D eigenvalue weighted by molar-refractivity contribution is 7.09. The minimum absolute atomic E-state index is 0.271. The Labute approximate surface area is 198 Å². The molecule has 6 heteroatoms. The van der Waals surface area contributed by atoms with Crippen LogP contribution in [0.1, 0.15) is 22.4 Å². The number of Topliss-reactive ketones (excluding diaryl/α,β-unsaturated/α-hetero) is 1. The van der Waals surface area contributed by atoms with Crippen LogP contribution in [0, 0.1) is 0 Å². The molecule has 0 unspecified atom stereocenters. The molecule has 0 atom stereocenters. The number of thiazole rings is 1. The zero-order valence-electron chi connectivity index (χ0n) is 18.8. The van der Waals surface area contributed by atoms with Crippen molar-refractivity contribution in [1.29, 1.82) is 0 Å². The Balaban J connectivity index is 1.27. The standard InChI is InChI=1S/C27H29N3O2S/c31-24(9-10-25-18-28-20-33-25)17-21-5-7-23(8-6-21)30-19-22(26-3-1-2-4-27(26)30)11-12-29-13-15-32-16-14-29/h1-8,18-20H,9-17H2. The molecule has 2 aromatic heterocycles. The minimum Gasteiger partial charge on any atom is -0.379 e. The smallest absolute Gasteiger partial charge is 0.137 e. The van der Waals surface area contributed by atoms with Crippen molar-refractivity contribution in [1.82, 2.24) is 14.5 Å². The van der Waals surface area contributed by atoms with Gasteiger partial charge >= 0.3 is 0 Å². The van der Waals surface area contributed by atoms with E-state index in [1.807, 2.05) is 11.7 Å². The number of nitrogens with zero attached hydrogens (tertiary/aromatic N) is 3. The molecule has 0 spiro atoms. The van der Waals surface area contributed by atoms with E-state index in [-0.39, 0.29) is 5.78 Å². The van der Waals surface area contributed by atoms with Crippen molar-refractivity contribution in [3.63, 3.8) is 0 Å². The van der Waals surface area contributed by atoms with Crippen LogP contribution in [0.5, 0.6) is 0 Å². The lowest BCUT2D eigenvalue weighted by Gasteiger charge is -2.26. The second-order valence-corrected chi connectivity index (χ2v) is 9.57. The number of fused-ring (bicyclic) bond motifs is 1. The maximum Gasteiger partial charge on any atom is 0.137 e. The number of benzene rings is 2. The summed E-state index contributed by atoms with van der Waals surface area (Å²) in [4.78, 5) is 20.1. The molecule has 1 saturated heterocycles. The fraction of sp³-hybridized carbons (Fsp3) is 0.333. The summed E-state index contributed by atoms with van der Waals surface area (Å²) in [5.41, 5.74) is 6.61. The van der Waals surface area contributed by atoms with Crippen molar-refractivity contribution in [2.24, 2.45) is 0 Å². The molecular formula is C27H29N3O2S. The van der Waals surface area contributed by atoms with E-state index in [2.05, 4.69) is 69.2 Å². The van der Waals surface area contributed by atoms with E-state index < -0.39 is 0 Å². The molecule has 170 valence electrons. The van der Waals surface area contributed by atoms with Gasteiger partial charge in [0.2, 0.25) is 0 Å². The number of hydrogen-bond acceptors (Lipinski definition) is 5. The molecule has 0 amide bonds. The molecule has 33 heavy (non-hydrogen) atoms. The molecular weight excluding hydrogens is 430 g/mol. The normalized spacial score (nSPS) is 14.7. The lowest BCUT2D eigenvalue weighted by molar-refractivity contribution is -0.118. The first kappa shape index (κ1) is 22.0. The van der Waals surface area contributed by atoms with E-state index in [0.717, 1.165) is 56.9 Å². The van der Waals surface area contributed by atoms with Crippen molar-refractivity contribution in [3.05, 3.63) is 82.4 Å². The second-order valence-electron chi connectivity index (χ2n) is 8.60. The zero-order valence-corrected chi connectivity index (χ0v) is 19.6. The Bertz CT molecular complexity index is 1190. The predicted octanol–water partition coefficient (Wildman–Crippen LogP) is 4.71. The Morgan fingerprint density at radius 1 is 1.03 bits per heavy atom. The van der Waals surface area contributed by atoms with Crippen molar-refractivity contribution >= 4 is 28.0 Å². The van der Waals surface area contributed by atoms with Gasteiger partial charge in [-0.05, 0) is 42.2 Å². The van der Waals surface area contributed by atoms with Gasteiger partial charge in [0.15, 0.2) is 0 Å². The van der Waals surface area contributed by atoms with Gasteiger partial charge in [-0.1, -0.05) is 30.3 Å². The largest absolute Gasteiger partial charge is 0.379 e. The zero-order chi connectivity index (χ0) is 22.5. The molecule has 0 bridgehead atoms. The summed E-state index contributed by atoms with van der Waals surface area (Å²) in [5, 5.41) is 1.31. The Morgan fingerprint density at radius 3 is 2.64 bits per heavy atom. The lowest BCUT2D eigenvalue weighted by atomic mass is 10.1. The van der Waals surface area contributed by atoms with Gasteiger partial charge in [-0.15, -0.1) is 11.3 Å². The first-order valence-corrected chi connectivity index (χ1v) is 12.5. The first-order chi connectivity index (χ1) is 16.3. The number of carbonyl (C=O) groups is 1. The van der Waals surface area contributed by atoms with Gasteiger partial charge in [0.1, 0.15) is 5.78 Å². The number of morpholine rings is 1. The summed E-state index contributed by atoms with van der Waals surface area (Å²) < 4.78 is 7.76. The summed E-state index contributed by atoms with van der Waals surface area (Å²) in [6, 6.07) is 17.0. The maximum atomic E-state index is 12.4. The van der Waals surface area contributed by atoms with Crippen molar-refractivity contribution in [2.45, 2.75) is 25.7 Å². The predicted molar refractivity (Wildman–Crippen MR) is 133 cm³/mol. The summed E-state index contributed by atoms with van der Waals surface area (Å²) in [6.45, 7) is 4.76. The quantitative estimate of drug-likeness (QED) is 0.364. The Hall–Kier alpha value is -2.80. The van der Waals surface area contributed by atoms with Gasteiger partial charge < -0.3 is 9.30 Å². The Morgan fingerprint density at radius 2 is 1.85 bits per heavy atom. The fourth-order valence-electron chi connectivity index (χ4n) is 4.49. The molecule has 0 N–H and O–H groups in total. The molecule has 5 rings (SSSR count). The van der Waals surface area contributed by atoms with E-state index in [1.54, 1.807) is 11.3 Å². The minimum atomic E-state index is 0.271. The topological polar surface area (TPSA) is 47.4 Å². The van der Waals surface area contributed by atoms with Crippen molar-refractivity contribution < 1.29 is 9.53 Å². The van der Waals surface area contributed by atoms with Crippen LogP contribution in [0.3, 0.4) is 0 Å². The van der Waals surface area contributed by atoms with Crippen LogP contribution in [-0.4, -0.2) is 53.1 Å². The van der Waals surface area contributed by atoms with E-state index in [9.17, 15) is 4.79 Å². The van der Waals surface area contributed by atoms with Crippen molar-refractivity contribution in [2.75, 3.05) is 32.8 Å². The van der Waals surface area contributed by atoms with Gasteiger partial charge in [-0.2, -0.15) is 0 Å². The molecule has 1 fully saturated rings. The molecule has 0 aliphatic carbocycles. The average molecular weight is 460 g/mol. The highest BCUT2D eigenvalue weighted by Crippen LogP contribution is 2.26. The third-order valence-electron chi connectivity index (χ3n) is 6.35. The van der Waals surface area contributed by atoms with Crippen LogP contribution in [0.15, 0.2) is 66.4 Å². The molecule has 1 aliphatic rings. The number of ether oxygens (including phenoxy) is 1. The summed E-state index contributed by atoms with van der Waals surface area (Å²) in [7, 11) is 0. The van der Waals surface area contributed by atoms with Crippen LogP contribution in [-0.2, 0) is 28.8 Å². The van der Waals surface area contributed by atoms with Crippen LogP contribution < -0.4 is 0 Å².